The molecule has 110 valence electrons. The Morgan fingerprint density at radius 3 is 2.70 bits per heavy atom. The average molecular weight is 278 g/mol. The van der Waals surface area contributed by atoms with Crippen LogP contribution in [0.5, 0.6) is 0 Å². The zero-order valence-corrected chi connectivity index (χ0v) is 12.1. The fraction of sp³-hybridized carbons (Fsp3) is 0.643. The van der Waals surface area contributed by atoms with E-state index in [1.54, 1.807) is 24.0 Å². The molecule has 1 aromatic rings. The van der Waals surface area contributed by atoms with E-state index in [0.29, 0.717) is 24.6 Å². The summed E-state index contributed by atoms with van der Waals surface area (Å²) in [6.45, 7) is 4.10. The van der Waals surface area contributed by atoms with E-state index in [4.69, 9.17) is 0 Å². The van der Waals surface area contributed by atoms with Gasteiger partial charge in [0.15, 0.2) is 0 Å². The van der Waals surface area contributed by atoms with Gasteiger partial charge in [-0.25, -0.2) is 0 Å². The highest BCUT2D eigenvalue weighted by atomic mass is 16.2. The molecule has 1 aliphatic heterocycles. The molecule has 2 heterocycles. The minimum atomic E-state index is 0.0442. The topological polar surface area (TPSA) is 67.2 Å². The number of nitrogens with one attached hydrogen (secondary N) is 1. The molecule has 2 amide bonds. The van der Waals surface area contributed by atoms with Crippen LogP contribution in [0.4, 0.5) is 0 Å². The molecule has 6 nitrogen and oxygen atoms in total. The third kappa shape index (κ3) is 3.18. The van der Waals surface area contributed by atoms with Crippen LogP contribution in [-0.4, -0.2) is 46.6 Å². The molecule has 1 aromatic heterocycles. The van der Waals surface area contributed by atoms with Crippen LogP contribution in [0.1, 0.15) is 36.7 Å². The van der Waals surface area contributed by atoms with Gasteiger partial charge in [0.2, 0.25) is 5.91 Å². The minimum Gasteiger partial charge on any atom is -0.359 e. The largest absolute Gasteiger partial charge is 0.359 e. The van der Waals surface area contributed by atoms with Gasteiger partial charge < -0.3 is 10.2 Å². The number of rotatable bonds is 4. The molecule has 0 atom stereocenters. The standard InChI is InChI=1S/C14H22N4O2/c1-3-18-12(4-7-16-18)14(20)17-8-5-11(6-9-17)10-13(19)15-2/h4,7,11H,3,5-6,8-10H2,1-2H3,(H,15,19). The molecule has 1 aliphatic rings. The van der Waals surface area contributed by atoms with E-state index in [1.165, 1.54) is 0 Å². The Hall–Kier alpha value is -1.85. The molecule has 0 radical (unpaired) electrons. The van der Waals surface area contributed by atoms with E-state index >= 15 is 0 Å². The Morgan fingerprint density at radius 2 is 2.10 bits per heavy atom. The fourth-order valence-corrected chi connectivity index (χ4v) is 2.63. The zero-order valence-electron chi connectivity index (χ0n) is 12.1. The van der Waals surface area contributed by atoms with Crippen LogP contribution in [0.25, 0.3) is 0 Å². The molecule has 0 aromatic carbocycles. The van der Waals surface area contributed by atoms with Gasteiger partial charge in [-0.2, -0.15) is 5.10 Å². The van der Waals surface area contributed by atoms with Crippen LogP contribution >= 0.6 is 0 Å². The molecule has 0 spiro atoms. The fourth-order valence-electron chi connectivity index (χ4n) is 2.63. The van der Waals surface area contributed by atoms with Gasteiger partial charge >= 0.3 is 0 Å². The van der Waals surface area contributed by atoms with Gasteiger partial charge in [-0.1, -0.05) is 0 Å². The number of likely N-dealkylation sites (tertiary alicyclic amines) is 1. The van der Waals surface area contributed by atoms with Crippen LogP contribution in [0, 0.1) is 5.92 Å². The Morgan fingerprint density at radius 1 is 1.40 bits per heavy atom. The predicted molar refractivity (Wildman–Crippen MR) is 75.2 cm³/mol. The summed E-state index contributed by atoms with van der Waals surface area (Å²) in [5, 5.41) is 6.78. The molecule has 6 heteroatoms. The van der Waals surface area contributed by atoms with Crippen molar-refractivity contribution in [2.24, 2.45) is 5.92 Å². The van der Waals surface area contributed by atoms with Gasteiger partial charge in [-0.05, 0) is 31.7 Å². The lowest BCUT2D eigenvalue weighted by atomic mass is 9.93. The number of aromatic nitrogens is 2. The Bertz CT molecular complexity index is 475. The number of carbonyl (C=O) groups excluding carboxylic acids is 2. The SMILES string of the molecule is CCn1nccc1C(=O)N1CCC(CC(=O)NC)CC1. The van der Waals surface area contributed by atoms with Crippen LogP contribution in [0.3, 0.4) is 0 Å². The minimum absolute atomic E-state index is 0.0442. The quantitative estimate of drug-likeness (QED) is 0.889. The smallest absolute Gasteiger partial charge is 0.272 e. The molecular formula is C14H22N4O2. The maximum absolute atomic E-state index is 12.4. The monoisotopic (exact) mass is 278 g/mol. The van der Waals surface area contributed by atoms with Crippen molar-refractivity contribution in [1.29, 1.82) is 0 Å². The number of carbonyl (C=O) groups is 2. The number of piperidine rings is 1. The van der Waals surface area contributed by atoms with Gasteiger partial charge in [-0.3, -0.25) is 14.3 Å². The van der Waals surface area contributed by atoms with Crippen molar-refractivity contribution in [3.05, 3.63) is 18.0 Å². The van der Waals surface area contributed by atoms with E-state index in [-0.39, 0.29) is 11.8 Å². The van der Waals surface area contributed by atoms with Crippen molar-refractivity contribution >= 4 is 11.8 Å². The summed E-state index contributed by atoms with van der Waals surface area (Å²) >= 11 is 0. The zero-order chi connectivity index (χ0) is 14.5. The van der Waals surface area contributed by atoms with Crippen LogP contribution < -0.4 is 5.32 Å². The molecule has 0 bridgehead atoms. The average Bonchev–Trinajstić information content (AvgIpc) is 2.95. The maximum atomic E-state index is 12.4. The first-order chi connectivity index (χ1) is 9.65. The number of amides is 2. The second kappa shape index (κ2) is 6.54. The molecule has 1 N–H and O–H groups in total. The van der Waals surface area contributed by atoms with E-state index in [2.05, 4.69) is 10.4 Å². The van der Waals surface area contributed by atoms with Crippen molar-refractivity contribution in [2.75, 3.05) is 20.1 Å². The first-order valence-corrected chi connectivity index (χ1v) is 7.17. The van der Waals surface area contributed by atoms with E-state index in [9.17, 15) is 9.59 Å². The van der Waals surface area contributed by atoms with Crippen molar-refractivity contribution in [1.82, 2.24) is 20.0 Å². The van der Waals surface area contributed by atoms with Gasteiger partial charge in [0.05, 0.1) is 0 Å². The van der Waals surface area contributed by atoms with E-state index < -0.39 is 0 Å². The summed E-state index contributed by atoms with van der Waals surface area (Å²) in [5.74, 6) is 0.511. The lowest BCUT2D eigenvalue weighted by molar-refractivity contribution is -0.121. The molecule has 0 aliphatic carbocycles. The first kappa shape index (κ1) is 14.6. The van der Waals surface area contributed by atoms with Crippen molar-refractivity contribution in [3.8, 4) is 0 Å². The number of aryl methyl sites for hydroxylation is 1. The molecule has 0 saturated carbocycles. The number of hydrogen-bond acceptors (Lipinski definition) is 3. The van der Waals surface area contributed by atoms with Crippen molar-refractivity contribution in [2.45, 2.75) is 32.7 Å². The van der Waals surface area contributed by atoms with Crippen LogP contribution in [0.2, 0.25) is 0 Å². The molecule has 1 fully saturated rings. The van der Waals surface area contributed by atoms with Gasteiger partial charge in [0, 0.05) is 39.3 Å². The van der Waals surface area contributed by atoms with Crippen molar-refractivity contribution < 1.29 is 9.59 Å². The van der Waals surface area contributed by atoms with E-state index in [1.807, 2.05) is 11.8 Å². The summed E-state index contributed by atoms with van der Waals surface area (Å²) in [6, 6.07) is 1.77. The van der Waals surface area contributed by atoms with E-state index in [0.717, 1.165) is 25.9 Å². The van der Waals surface area contributed by atoms with Crippen molar-refractivity contribution in [3.63, 3.8) is 0 Å². The Kier molecular flexibility index (Phi) is 4.76. The Balaban J connectivity index is 1.90. The van der Waals surface area contributed by atoms with Crippen LogP contribution in [-0.2, 0) is 11.3 Å². The highest BCUT2D eigenvalue weighted by Crippen LogP contribution is 2.21. The first-order valence-electron chi connectivity index (χ1n) is 7.17. The lowest BCUT2D eigenvalue weighted by Gasteiger charge is -2.31. The molecule has 1 saturated heterocycles. The Labute approximate surface area is 119 Å². The van der Waals surface area contributed by atoms with Gasteiger partial charge in [0.1, 0.15) is 5.69 Å². The number of hydrogen-bond donors (Lipinski definition) is 1. The van der Waals surface area contributed by atoms with Gasteiger partial charge in [-0.15, -0.1) is 0 Å². The summed E-state index contributed by atoms with van der Waals surface area (Å²) in [4.78, 5) is 25.6. The lowest BCUT2D eigenvalue weighted by Crippen LogP contribution is -2.40. The molecule has 0 unspecified atom stereocenters. The molecular weight excluding hydrogens is 256 g/mol. The summed E-state index contributed by atoms with van der Waals surface area (Å²) in [7, 11) is 1.66. The van der Waals surface area contributed by atoms with Gasteiger partial charge in [0.25, 0.3) is 5.91 Å². The third-order valence-corrected chi connectivity index (χ3v) is 3.89. The summed E-state index contributed by atoms with van der Waals surface area (Å²) in [5.41, 5.74) is 0.650. The third-order valence-electron chi connectivity index (χ3n) is 3.89. The maximum Gasteiger partial charge on any atom is 0.272 e. The number of nitrogens with zero attached hydrogens (tertiary/aromatic N) is 3. The molecule has 2 rings (SSSR count). The second-order valence-electron chi connectivity index (χ2n) is 5.15. The molecule has 20 heavy (non-hydrogen) atoms. The highest BCUT2D eigenvalue weighted by molar-refractivity contribution is 5.92. The predicted octanol–water partition coefficient (Wildman–Crippen LogP) is 0.891. The second-order valence-corrected chi connectivity index (χ2v) is 5.15. The highest BCUT2D eigenvalue weighted by Gasteiger charge is 2.26. The van der Waals surface area contributed by atoms with Crippen LogP contribution in [0.15, 0.2) is 12.3 Å². The normalized spacial score (nSPS) is 16.2. The summed E-state index contributed by atoms with van der Waals surface area (Å²) < 4.78 is 1.72. The summed E-state index contributed by atoms with van der Waals surface area (Å²) in [6.07, 6.45) is 4.00.